The summed E-state index contributed by atoms with van der Waals surface area (Å²) < 4.78 is 0. The van der Waals surface area contributed by atoms with Gasteiger partial charge in [0.25, 0.3) is 0 Å². The van der Waals surface area contributed by atoms with Gasteiger partial charge in [-0.3, -0.25) is 9.98 Å². The molecule has 1 aromatic carbocycles. The fourth-order valence-corrected chi connectivity index (χ4v) is 3.89. The van der Waals surface area contributed by atoms with Gasteiger partial charge in [0.1, 0.15) is 11.7 Å². The number of hydrogen-bond donors (Lipinski definition) is 1. The molecule has 0 fully saturated rings. The minimum absolute atomic E-state index is 0.235. The van der Waals surface area contributed by atoms with Crippen LogP contribution in [0.5, 0.6) is 0 Å². The van der Waals surface area contributed by atoms with Gasteiger partial charge in [0.15, 0.2) is 5.82 Å². The molecule has 0 saturated carbocycles. The molecule has 0 aliphatic carbocycles. The Morgan fingerprint density at radius 1 is 1.23 bits per heavy atom. The number of anilines is 2. The van der Waals surface area contributed by atoms with Crippen LogP contribution in [0.15, 0.2) is 58.8 Å². The Kier molecular flexibility index (Phi) is 5.84. The van der Waals surface area contributed by atoms with Gasteiger partial charge in [-0.2, -0.15) is 0 Å². The van der Waals surface area contributed by atoms with E-state index in [1.807, 2.05) is 0 Å². The second-order valence-electron chi connectivity index (χ2n) is 7.98. The average Bonchev–Trinajstić information content (AvgIpc) is 2.92. The number of hydrogen-bond acceptors (Lipinski definition) is 6. The molecule has 2 aliphatic heterocycles. The van der Waals surface area contributed by atoms with Crippen molar-refractivity contribution in [2.45, 2.75) is 32.7 Å². The van der Waals surface area contributed by atoms with E-state index < -0.39 is 0 Å². The van der Waals surface area contributed by atoms with E-state index in [4.69, 9.17) is 9.98 Å². The van der Waals surface area contributed by atoms with Crippen molar-refractivity contribution < 1.29 is 0 Å². The van der Waals surface area contributed by atoms with Gasteiger partial charge in [-0.05, 0) is 38.0 Å². The predicted molar refractivity (Wildman–Crippen MR) is 127 cm³/mol. The van der Waals surface area contributed by atoms with Crippen LogP contribution in [-0.2, 0) is 0 Å². The second kappa shape index (κ2) is 8.69. The molecule has 156 valence electrons. The van der Waals surface area contributed by atoms with E-state index in [0.29, 0.717) is 0 Å². The molecule has 0 radical (unpaired) electrons. The van der Waals surface area contributed by atoms with Gasteiger partial charge >= 0.3 is 0 Å². The van der Waals surface area contributed by atoms with E-state index >= 15 is 0 Å². The van der Waals surface area contributed by atoms with Crippen LogP contribution in [0.1, 0.15) is 25.3 Å². The summed E-state index contributed by atoms with van der Waals surface area (Å²) in [6.07, 6.45) is 3.80. The lowest BCUT2D eigenvalue weighted by atomic mass is 10.1. The van der Waals surface area contributed by atoms with E-state index in [0.717, 1.165) is 66.9 Å². The number of aryl methyl sites for hydroxylation is 1. The fourth-order valence-electron chi connectivity index (χ4n) is 3.89. The Bertz CT molecular complexity index is 993. The van der Waals surface area contributed by atoms with Gasteiger partial charge in [-0.15, -0.1) is 0 Å². The van der Waals surface area contributed by atoms with Crippen molar-refractivity contribution in [3.63, 3.8) is 0 Å². The quantitative estimate of drug-likeness (QED) is 0.839. The summed E-state index contributed by atoms with van der Waals surface area (Å²) >= 11 is 0. The molecular weight excluding hydrogens is 372 g/mol. The van der Waals surface area contributed by atoms with Crippen molar-refractivity contribution in [2.24, 2.45) is 9.98 Å². The lowest BCUT2D eigenvalue weighted by Gasteiger charge is -2.28. The van der Waals surface area contributed by atoms with Crippen molar-refractivity contribution in [3.8, 4) is 11.3 Å². The normalized spacial score (nSPS) is 18.5. The van der Waals surface area contributed by atoms with Gasteiger partial charge < -0.3 is 15.1 Å². The Morgan fingerprint density at radius 2 is 2.10 bits per heavy atom. The van der Waals surface area contributed by atoms with Crippen LogP contribution in [-0.4, -0.2) is 49.8 Å². The van der Waals surface area contributed by atoms with Crippen LogP contribution in [0, 0.1) is 6.92 Å². The Labute approximate surface area is 179 Å². The maximum absolute atomic E-state index is 5.07. The smallest absolute Gasteiger partial charge is 0.158 e. The number of benzene rings is 1. The van der Waals surface area contributed by atoms with Crippen molar-refractivity contribution in [2.75, 3.05) is 36.5 Å². The summed E-state index contributed by atoms with van der Waals surface area (Å²) in [6.45, 7) is 11.1. The van der Waals surface area contributed by atoms with E-state index in [1.165, 1.54) is 5.56 Å². The molecule has 4 rings (SSSR count). The summed E-state index contributed by atoms with van der Waals surface area (Å²) in [7, 11) is 2.12. The topological polar surface area (TPSA) is 56.1 Å². The summed E-state index contributed by atoms with van der Waals surface area (Å²) in [5, 5.41) is 3.38. The van der Waals surface area contributed by atoms with Gasteiger partial charge in [-0.1, -0.05) is 37.3 Å². The first-order valence-corrected chi connectivity index (χ1v) is 10.7. The van der Waals surface area contributed by atoms with Crippen LogP contribution in [0.25, 0.3) is 11.3 Å². The Balaban J connectivity index is 1.67. The van der Waals surface area contributed by atoms with Gasteiger partial charge in [0.05, 0.1) is 30.2 Å². The van der Waals surface area contributed by atoms with E-state index in [1.54, 1.807) is 6.21 Å². The lowest BCUT2D eigenvalue weighted by molar-refractivity contribution is 0.656. The summed E-state index contributed by atoms with van der Waals surface area (Å²) in [5.41, 5.74) is 4.42. The van der Waals surface area contributed by atoms with Crippen molar-refractivity contribution in [3.05, 3.63) is 54.4 Å². The number of amidine groups is 1. The number of aliphatic imine (C=N–C) groups is 2. The van der Waals surface area contributed by atoms with Gasteiger partial charge in [0, 0.05) is 25.7 Å². The van der Waals surface area contributed by atoms with Crippen molar-refractivity contribution in [1.82, 2.24) is 10.3 Å². The van der Waals surface area contributed by atoms with E-state index in [-0.39, 0.29) is 6.04 Å². The molecule has 0 saturated heterocycles. The third-order valence-corrected chi connectivity index (χ3v) is 5.63. The number of nitrogens with zero attached hydrogens (tertiary/aromatic N) is 5. The molecule has 0 bridgehead atoms. The molecule has 1 atom stereocenters. The molecule has 1 N–H and O–H groups in total. The highest BCUT2D eigenvalue weighted by Crippen LogP contribution is 2.34. The van der Waals surface area contributed by atoms with Crippen LogP contribution in [0.2, 0.25) is 0 Å². The maximum Gasteiger partial charge on any atom is 0.158 e. The van der Waals surface area contributed by atoms with Gasteiger partial charge in [0.2, 0.25) is 0 Å². The molecule has 30 heavy (non-hydrogen) atoms. The first-order valence-electron chi connectivity index (χ1n) is 10.7. The highest BCUT2D eigenvalue weighted by molar-refractivity contribution is 6.30. The first-order chi connectivity index (χ1) is 14.5. The molecule has 6 nitrogen and oxygen atoms in total. The van der Waals surface area contributed by atoms with Gasteiger partial charge in [-0.25, -0.2) is 4.98 Å². The Morgan fingerprint density at radius 3 is 2.90 bits per heavy atom. The molecule has 3 heterocycles. The largest absolute Gasteiger partial charge is 0.372 e. The van der Waals surface area contributed by atoms with Crippen LogP contribution in [0.3, 0.4) is 0 Å². The minimum atomic E-state index is 0.235. The lowest BCUT2D eigenvalue weighted by Crippen LogP contribution is -2.38. The first kappa shape index (κ1) is 20.1. The zero-order valence-electron chi connectivity index (χ0n) is 18.1. The SMILES string of the molecule is C=C(NC1=NC(CC)CN=C1)N1CCCN(C)c2ccc(-c3cccc(C)c3)nc21. The number of aromatic nitrogens is 1. The van der Waals surface area contributed by atoms with E-state index in [2.05, 4.69) is 84.0 Å². The summed E-state index contributed by atoms with van der Waals surface area (Å²) in [5.74, 6) is 2.47. The molecule has 2 aliphatic rings. The van der Waals surface area contributed by atoms with Crippen LogP contribution in [0.4, 0.5) is 11.5 Å². The minimum Gasteiger partial charge on any atom is -0.372 e. The summed E-state index contributed by atoms with van der Waals surface area (Å²) in [6, 6.07) is 13.0. The maximum atomic E-state index is 5.07. The zero-order valence-corrected chi connectivity index (χ0v) is 18.1. The third kappa shape index (κ3) is 4.22. The fraction of sp³-hybridized carbons (Fsp3) is 0.375. The number of nitrogens with one attached hydrogen (secondary N) is 1. The second-order valence-corrected chi connectivity index (χ2v) is 7.98. The van der Waals surface area contributed by atoms with Crippen molar-refractivity contribution in [1.29, 1.82) is 0 Å². The standard InChI is InChI=1S/C24H30N6/c1-5-20-15-25-16-23(27-20)26-18(3)30-13-7-12-29(4)22-11-10-21(28-24(22)30)19-9-6-8-17(2)14-19/h6,8-11,14,16,20H,3,5,7,12-13,15H2,1-2,4H3,(H,26,27). The van der Waals surface area contributed by atoms with E-state index in [9.17, 15) is 0 Å². The number of pyridine rings is 1. The zero-order chi connectivity index (χ0) is 21.1. The average molecular weight is 403 g/mol. The summed E-state index contributed by atoms with van der Waals surface area (Å²) in [4.78, 5) is 18.7. The highest BCUT2D eigenvalue weighted by Gasteiger charge is 2.23. The molecule has 2 aromatic rings. The number of rotatable bonds is 4. The molecule has 0 spiro atoms. The predicted octanol–water partition coefficient (Wildman–Crippen LogP) is 4.03. The Hall–Kier alpha value is -3.15. The molecular formula is C24H30N6. The van der Waals surface area contributed by atoms with Crippen LogP contribution >= 0.6 is 0 Å². The monoisotopic (exact) mass is 402 g/mol. The molecule has 1 aromatic heterocycles. The van der Waals surface area contributed by atoms with Crippen LogP contribution < -0.4 is 15.1 Å². The third-order valence-electron chi connectivity index (χ3n) is 5.63. The van der Waals surface area contributed by atoms with Crippen molar-refractivity contribution >= 4 is 23.6 Å². The number of fused-ring (bicyclic) bond motifs is 1. The molecule has 6 heteroatoms. The molecule has 1 unspecified atom stereocenters. The highest BCUT2D eigenvalue weighted by atomic mass is 15.3. The molecule has 0 amide bonds.